The fourth-order valence-electron chi connectivity index (χ4n) is 2.05. The molecule has 1 heterocycles. The molecule has 1 aliphatic rings. The molecule has 1 aromatic rings. The van der Waals surface area contributed by atoms with E-state index in [1.165, 1.54) is 6.08 Å². The summed E-state index contributed by atoms with van der Waals surface area (Å²) in [6.45, 7) is 1.40. The lowest BCUT2D eigenvalue weighted by atomic mass is 10.1. The van der Waals surface area contributed by atoms with E-state index in [0.29, 0.717) is 10.7 Å². The number of halogens is 1. The number of anilines is 1. The SMILES string of the molecule is Cc1ccc(NC(=O)COC(=O)CC2C=CS(=O)(=O)C2)cc1Cl. The number of carbonyl (C=O) groups excluding carboxylic acids is 2. The minimum atomic E-state index is -3.20. The van der Waals surface area contributed by atoms with Crippen molar-refractivity contribution in [1.29, 1.82) is 0 Å². The van der Waals surface area contributed by atoms with Crippen molar-refractivity contribution in [2.75, 3.05) is 17.7 Å². The molecule has 23 heavy (non-hydrogen) atoms. The van der Waals surface area contributed by atoms with Gasteiger partial charge in [0, 0.05) is 22.0 Å². The van der Waals surface area contributed by atoms with Crippen LogP contribution in [0.1, 0.15) is 12.0 Å². The van der Waals surface area contributed by atoms with E-state index in [4.69, 9.17) is 16.3 Å². The zero-order valence-corrected chi connectivity index (χ0v) is 14.0. The number of amides is 1. The number of benzene rings is 1. The van der Waals surface area contributed by atoms with Crippen molar-refractivity contribution in [3.05, 3.63) is 40.3 Å². The van der Waals surface area contributed by atoms with Crippen LogP contribution in [0.4, 0.5) is 5.69 Å². The van der Waals surface area contributed by atoms with Crippen LogP contribution in [0.5, 0.6) is 0 Å². The Bertz CT molecular complexity index is 757. The van der Waals surface area contributed by atoms with Crippen molar-refractivity contribution in [3.8, 4) is 0 Å². The average molecular weight is 358 g/mol. The molecule has 1 atom stereocenters. The number of rotatable bonds is 5. The molecule has 0 saturated carbocycles. The van der Waals surface area contributed by atoms with Gasteiger partial charge in [-0.25, -0.2) is 8.42 Å². The van der Waals surface area contributed by atoms with Gasteiger partial charge in [0.05, 0.1) is 12.2 Å². The summed E-state index contributed by atoms with van der Waals surface area (Å²) in [4.78, 5) is 23.3. The van der Waals surface area contributed by atoms with E-state index in [-0.39, 0.29) is 12.2 Å². The summed E-state index contributed by atoms with van der Waals surface area (Å²) in [5.74, 6) is -1.61. The first kappa shape index (κ1) is 17.5. The molecule has 0 bridgehead atoms. The lowest BCUT2D eigenvalue weighted by Gasteiger charge is -2.09. The highest BCUT2D eigenvalue weighted by Gasteiger charge is 2.24. The van der Waals surface area contributed by atoms with Crippen LogP contribution in [0.25, 0.3) is 0 Å². The molecule has 0 aromatic heterocycles. The highest BCUT2D eigenvalue weighted by molar-refractivity contribution is 7.94. The first-order valence-electron chi connectivity index (χ1n) is 6.88. The molecule has 8 heteroatoms. The van der Waals surface area contributed by atoms with Crippen LogP contribution in [0.2, 0.25) is 5.02 Å². The molecular weight excluding hydrogens is 342 g/mol. The summed E-state index contributed by atoms with van der Waals surface area (Å²) in [6.07, 6.45) is 1.39. The van der Waals surface area contributed by atoms with E-state index < -0.39 is 34.2 Å². The topological polar surface area (TPSA) is 89.5 Å². The van der Waals surface area contributed by atoms with Crippen molar-refractivity contribution in [2.45, 2.75) is 13.3 Å². The second kappa shape index (κ2) is 7.14. The molecule has 2 rings (SSSR count). The zero-order valence-electron chi connectivity index (χ0n) is 12.4. The predicted octanol–water partition coefficient (Wildman–Crippen LogP) is 2.08. The van der Waals surface area contributed by atoms with E-state index in [2.05, 4.69) is 5.32 Å². The zero-order chi connectivity index (χ0) is 17.0. The van der Waals surface area contributed by atoms with Gasteiger partial charge in [-0.2, -0.15) is 0 Å². The Morgan fingerprint density at radius 1 is 1.39 bits per heavy atom. The third-order valence-corrected chi connectivity index (χ3v) is 5.12. The van der Waals surface area contributed by atoms with Gasteiger partial charge in [0.1, 0.15) is 0 Å². The number of hydrogen-bond donors (Lipinski definition) is 1. The monoisotopic (exact) mass is 357 g/mol. The second-order valence-corrected chi connectivity index (χ2v) is 7.63. The molecule has 0 aliphatic carbocycles. The molecule has 0 spiro atoms. The molecule has 124 valence electrons. The highest BCUT2D eigenvalue weighted by Crippen LogP contribution is 2.20. The van der Waals surface area contributed by atoms with Crippen molar-refractivity contribution in [2.24, 2.45) is 5.92 Å². The number of esters is 1. The van der Waals surface area contributed by atoms with Crippen LogP contribution >= 0.6 is 11.6 Å². The van der Waals surface area contributed by atoms with Gasteiger partial charge in [0.15, 0.2) is 16.4 Å². The summed E-state index contributed by atoms with van der Waals surface area (Å²) >= 11 is 5.95. The Hall–Kier alpha value is -1.86. The molecule has 6 nitrogen and oxygen atoms in total. The number of aryl methyl sites for hydroxylation is 1. The molecule has 0 saturated heterocycles. The Labute approximate surface area is 139 Å². The maximum absolute atomic E-state index is 11.7. The number of ether oxygens (including phenoxy) is 1. The summed E-state index contributed by atoms with van der Waals surface area (Å²) < 4.78 is 27.3. The van der Waals surface area contributed by atoms with Crippen molar-refractivity contribution in [3.63, 3.8) is 0 Å². The Kier molecular flexibility index (Phi) is 5.43. The molecule has 1 unspecified atom stereocenters. The molecular formula is C15H16ClNO5S. The normalized spacial score (nSPS) is 18.6. The Morgan fingerprint density at radius 3 is 2.74 bits per heavy atom. The Balaban J connectivity index is 1.77. The molecule has 0 fully saturated rings. The van der Waals surface area contributed by atoms with Crippen LogP contribution in [-0.4, -0.2) is 32.7 Å². The van der Waals surface area contributed by atoms with E-state index in [1.807, 2.05) is 6.92 Å². The standard InChI is InChI=1S/C15H16ClNO5S/c1-10-2-3-12(7-13(10)16)17-14(18)8-22-15(19)6-11-4-5-23(20,21)9-11/h2-5,7,11H,6,8-9H2,1H3,(H,17,18). The van der Waals surface area contributed by atoms with Crippen LogP contribution in [0, 0.1) is 12.8 Å². The van der Waals surface area contributed by atoms with E-state index in [1.54, 1.807) is 18.2 Å². The number of carbonyl (C=O) groups is 2. The number of allylic oxidation sites excluding steroid dienone is 1. The van der Waals surface area contributed by atoms with Gasteiger partial charge in [0.2, 0.25) is 0 Å². The lowest BCUT2D eigenvalue weighted by molar-refractivity contribution is -0.147. The number of nitrogens with one attached hydrogen (secondary N) is 1. The maximum Gasteiger partial charge on any atom is 0.306 e. The first-order chi connectivity index (χ1) is 10.7. The van der Waals surface area contributed by atoms with E-state index in [9.17, 15) is 18.0 Å². The van der Waals surface area contributed by atoms with Gasteiger partial charge in [-0.15, -0.1) is 0 Å². The van der Waals surface area contributed by atoms with Crippen molar-refractivity contribution >= 4 is 39.0 Å². The van der Waals surface area contributed by atoms with E-state index >= 15 is 0 Å². The minimum absolute atomic E-state index is 0.0701. The maximum atomic E-state index is 11.7. The summed E-state index contributed by atoms with van der Waals surface area (Å²) in [5, 5.41) is 4.18. The third-order valence-electron chi connectivity index (χ3n) is 3.25. The third kappa shape index (κ3) is 5.37. The molecule has 1 aromatic carbocycles. The molecule has 0 radical (unpaired) electrons. The van der Waals surface area contributed by atoms with E-state index in [0.717, 1.165) is 11.0 Å². The quantitative estimate of drug-likeness (QED) is 0.815. The summed E-state index contributed by atoms with van der Waals surface area (Å²) in [7, 11) is -3.20. The smallest absolute Gasteiger partial charge is 0.306 e. The largest absolute Gasteiger partial charge is 0.456 e. The van der Waals surface area contributed by atoms with Crippen LogP contribution in [-0.2, 0) is 24.2 Å². The summed E-state index contributed by atoms with van der Waals surface area (Å²) in [5.41, 5.74) is 1.39. The number of sulfone groups is 1. The Morgan fingerprint density at radius 2 is 2.13 bits per heavy atom. The second-order valence-electron chi connectivity index (χ2n) is 5.30. The highest BCUT2D eigenvalue weighted by atomic mass is 35.5. The van der Waals surface area contributed by atoms with Gasteiger partial charge in [-0.1, -0.05) is 23.7 Å². The minimum Gasteiger partial charge on any atom is -0.456 e. The predicted molar refractivity (Wildman–Crippen MR) is 86.8 cm³/mol. The van der Waals surface area contributed by atoms with Crippen molar-refractivity contribution < 1.29 is 22.7 Å². The van der Waals surface area contributed by atoms with Gasteiger partial charge in [-0.3, -0.25) is 9.59 Å². The first-order valence-corrected chi connectivity index (χ1v) is 8.97. The molecule has 1 N–H and O–H groups in total. The van der Waals surface area contributed by atoms with Crippen LogP contribution in [0.15, 0.2) is 29.7 Å². The van der Waals surface area contributed by atoms with Gasteiger partial charge < -0.3 is 10.1 Å². The summed E-state index contributed by atoms with van der Waals surface area (Å²) in [6, 6.07) is 5.05. The number of hydrogen-bond acceptors (Lipinski definition) is 5. The van der Waals surface area contributed by atoms with Crippen LogP contribution in [0.3, 0.4) is 0 Å². The fourth-order valence-corrected chi connectivity index (χ4v) is 3.63. The van der Waals surface area contributed by atoms with Crippen LogP contribution < -0.4 is 5.32 Å². The van der Waals surface area contributed by atoms with Gasteiger partial charge >= 0.3 is 5.97 Å². The molecule has 1 aliphatic heterocycles. The lowest BCUT2D eigenvalue weighted by Crippen LogP contribution is -2.22. The van der Waals surface area contributed by atoms with Gasteiger partial charge in [-0.05, 0) is 24.6 Å². The van der Waals surface area contributed by atoms with Crippen molar-refractivity contribution in [1.82, 2.24) is 0 Å². The fraction of sp³-hybridized carbons (Fsp3) is 0.333. The van der Waals surface area contributed by atoms with Gasteiger partial charge in [0.25, 0.3) is 5.91 Å². The average Bonchev–Trinajstić information content (AvgIpc) is 2.80. The molecule has 1 amide bonds.